The summed E-state index contributed by atoms with van der Waals surface area (Å²) in [6.45, 7) is 4.05. The number of benzene rings is 1. The molecule has 0 aliphatic heterocycles. The Kier molecular flexibility index (Phi) is 7.27. The molecule has 5 heteroatoms. The molecule has 2 atom stereocenters. The van der Waals surface area contributed by atoms with E-state index in [2.05, 4.69) is 29.5 Å². The minimum atomic E-state index is -0.197. The minimum absolute atomic E-state index is 0.0294. The van der Waals surface area contributed by atoms with E-state index in [0.717, 1.165) is 17.9 Å². The molecule has 0 saturated heterocycles. The van der Waals surface area contributed by atoms with Crippen LogP contribution in [0, 0.1) is 11.3 Å². The van der Waals surface area contributed by atoms with E-state index in [1.54, 1.807) is 24.3 Å². The molecule has 114 valence electrons. The number of anilines is 1. The van der Waals surface area contributed by atoms with Crippen molar-refractivity contribution in [2.24, 2.45) is 0 Å². The van der Waals surface area contributed by atoms with E-state index in [-0.39, 0.29) is 11.9 Å². The summed E-state index contributed by atoms with van der Waals surface area (Å²) in [4.78, 5) is 14.4. The Bertz CT molecular complexity index is 495. The highest BCUT2D eigenvalue weighted by molar-refractivity contribution is 7.98. The predicted octanol–water partition coefficient (Wildman–Crippen LogP) is 2.96. The van der Waals surface area contributed by atoms with Crippen molar-refractivity contribution in [1.82, 2.24) is 4.90 Å². The number of nitrogens with zero attached hydrogens (tertiary/aromatic N) is 2. The number of carbonyl (C=O) groups is 1. The minimum Gasteiger partial charge on any atom is -0.325 e. The monoisotopic (exact) mass is 305 g/mol. The maximum atomic E-state index is 12.3. The quantitative estimate of drug-likeness (QED) is 0.841. The summed E-state index contributed by atoms with van der Waals surface area (Å²) in [6.07, 6.45) is 3.15. The summed E-state index contributed by atoms with van der Waals surface area (Å²) in [5.41, 5.74) is 1.31. The van der Waals surface area contributed by atoms with Crippen LogP contribution in [0.25, 0.3) is 0 Å². The zero-order chi connectivity index (χ0) is 15.8. The van der Waals surface area contributed by atoms with Crippen LogP contribution in [0.1, 0.15) is 25.8 Å². The Morgan fingerprint density at radius 3 is 2.52 bits per heavy atom. The number of carbonyl (C=O) groups excluding carboxylic acids is 1. The zero-order valence-electron chi connectivity index (χ0n) is 13.1. The first kappa shape index (κ1) is 17.5. The number of amides is 1. The lowest BCUT2D eigenvalue weighted by Gasteiger charge is -2.29. The van der Waals surface area contributed by atoms with Crippen LogP contribution < -0.4 is 5.32 Å². The van der Waals surface area contributed by atoms with Crippen molar-refractivity contribution in [2.75, 3.05) is 24.4 Å². The van der Waals surface area contributed by atoms with Crippen molar-refractivity contribution >= 4 is 23.4 Å². The predicted molar refractivity (Wildman–Crippen MR) is 89.5 cm³/mol. The summed E-state index contributed by atoms with van der Waals surface area (Å²) < 4.78 is 0. The Labute approximate surface area is 131 Å². The van der Waals surface area contributed by atoms with Gasteiger partial charge in [-0.15, -0.1) is 0 Å². The van der Waals surface area contributed by atoms with Gasteiger partial charge in [-0.3, -0.25) is 9.69 Å². The van der Waals surface area contributed by atoms with Crippen LogP contribution in [0.4, 0.5) is 5.69 Å². The van der Waals surface area contributed by atoms with Gasteiger partial charge in [0.15, 0.2) is 0 Å². The van der Waals surface area contributed by atoms with Crippen LogP contribution in [0.15, 0.2) is 24.3 Å². The van der Waals surface area contributed by atoms with Crippen LogP contribution >= 0.6 is 11.8 Å². The third-order valence-electron chi connectivity index (χ3n) is 3.71. The van der Waals surface area contributed by atoms with Crippen molar-refractivity contribution in [1.29, 1.82) is 5.26 Å². The Hall–Kier alpha value is -1.51. The van der Waals surface area contributed by atoms with Crippen molar-refractivity contribution in [3.8, 4) is 6.07 Å². The fourth-order valence-electron chi connectivity index (χ4n) is 1.93. The lowest BCUT2D eigenvalue weighted by atomic mass is 10.1. The maximum Gasteiger partial charge on any atom is 0.241 e. The lowest BCUT2D eigenvalue weighted by molar-refractivity contribution is -0.120. The summed E-state index contributed by atoms with van der Waals surface area (Å²) in [5.74, 6) is 1.06. The van der Waals surface area contributed by atoms with E-state index in [4.69, 9.17) is 5.26 Å². The van der Waals surface area contributed by atoms with Crippen molar-refractivity contribution in [3.05, 3.63) is 29.8 Å². The normalized spacial score (nSPS) is 13.5. The molecule has 0 aliphatic carbocycles. The first-order chi connectivity index (χ1) is 9.99. The van der Waals surface area contributed by atoms with Gasteiger partial charge in [-0.25, -0.2) is 0 Å². The Balaban J connectivity index is 2.58. The molecule has 1 aromatic carbocycles. The molecule has 0 spiro atoms. The third kappa shape index (κ3) is 5.41. The smallest absolute Gasteiger partial charge is 0.241 e. The molecule has 0 bridgehead atoms. The summed E-state index contributed by atoms with van der Waals surface area (Å²) in [7, 11) is 1.98. The van der Waals surface area contributed by atoms with E-state index in [1.807, 2.05) is 25.7 Å². The van der Waals surface area contributed by atoms with E-state index >= 15 is 0 Å². The number of nitrogens with one attached hydrogen (secondary N) is 1. The largest absolute Gasteiger partial charge is 0.325 e. The standard InChI is InChI=1S/C16H23N3OS/c1-12(9-10-21-4)19(3)13(2)16(20)18-15-7-5-14(11-17)6-8-15/h5-8,12-13H,9-10H2,1-4H3,(H,18,20). The maximum absolute atomic E-state index is 12.3. The topological polar surface area (TPSA) is 56.1 Å². The second kappa shape index (κ2) is 8.71. The molecule has 1 N–H and O–H groups in total. The molecular weight excluding hydrogens is 282 g/mol. The molecule has 1 rings (SSSR count). The summed E-state index contributed by atoms with van der Waals surface area (Å²) in [5, 5.41) is 11.6. The van der Waals surface area contributed by atoms with Crippen molar-refractivity contribution in [2.45, 2.75) is 32.4 Å². The highest BCUT2D eigenvalue weighted by Crippen LogP contribution is 2.13. The van der Waals surface area contributed by atoms with Gasteiger partial charge in [0.1, 0.15) is 0 Å². The number of thioether (sulfide) groups is 1. The molecule has 0 aliphatic rings. The molecule has 0 heterocycles. The number of nitriles is 1. The van der Waals surface area contributed by atoms with E-state index in [9.17, 15) is 4.79 Å². The molecule has 21 heavy (non-hydrogen) atoms. The molecule has 1 amide bonds. The van der Waals surface area contributed by atoms with Crippen LogP contribution in [0.2, 0.25) is 0 Å². The number of rotatable bonds is 7. The van der Waals surface area contributed by atoms with Gasteiger partial charge in [0.05, 0.1) is 17.7 Å². The van der Waals surface area contributed by atoms with E-state index in [0.29, 0.717) is 11.6 Å². The molecule has 2 unspecified atom stereocenters. The first-order valence-corrected chi connectivity index (χ1v) is 8.41. The molecule has 1 aromatic rings. The van der Waals surface area contributed by atoms with Crippen LogP contribution in [-0.2, 0) is 4.79 Å². The number of likely N-dealkylation sites (N-methyl/N-ethyl adjacent to an activating group) is 1. The SMILES string of the molecule is CSCCC(C)N(C)C(C)C(=O)Nc1ccc(C#N)cc1. The van der Waals surface area contributed by atoms with Gasteiger partial charge >= 0.3 is 0 Å². The van der Waals surface area contributed by atoms with Gasteiger partial charge in [0, 0.05) is 11.7 Å². The molecule has 0 aromatic heterocycles. The second-order valence-corrected chi connectivity index (χ2v) is 6.14. The van der Waals surface area contributed by atoms with Crippen molar-refractivity contribution in [3.63, 3.8) is 0 Å². The average Bonchev–Trinajstić information content (AvgIpc) is 2.51. The van der Waals surface area contributed by atoms with E-state index < -0.39 is 0 Å². The number of hydrogen-bond donors (Lipinski definition) is 1. The second-order valence-electron chi connectivity index (χ2n) is 5.15. The van der Waals surface area contributed by atoms with Gasteiger partial charge in [-0.05, 0) is 63.6 Å². The van der Waals surface area contributed by atoms with Crippen molar-refractivity contribution < 1.29 is 4.79 Å². The van der Waals surface area contributed by atoms with Crippen LogP contribution in [-0.4, -0.2) is 41.9 Å². The fourth-order valence-corrected chi connectivity index (χ4v) is 2.51. The fraction of sp³-hybridized carbons (Fsp3) is 0.500. The molecular formula is C16H23N3OS. The van der Waals surface area contributed by atoms with Gasteiger partial charge in [-0.2, -0.15) is 17.0 Å². The molecule has 0 fully saturated rings. The molecule has 4 nitrogen and oxygen atoms in total. The van der Waals surface area contributed by atoms with Crippen LogP contribution in [0.5, 0.6) is 0 Å². The van der Waals surface area contributed by atoms with Gasteiger partial charge < -0.3 is 5.32 Å². The number of hydrogen-bond acceptors (Lipinski definition) is 4. The molecule has 0 radical (unpaired) electrons. The lowest BCUT2D eigenvalue weighted by Crippen LogP contribution is -2.44. The van der Waals surface area contributed by atoms with Gasteiger partial charge in [0.25, 0.3) is 0 Å². The molecule has 0 saturated carbocycles. The zero-order valence-corrected chi connectivity index (χ0v) is 13.9. The Morgan fingerprint density at radius 2 is 2.00 bits per heavy atom. The highest BCUT2D eigenvalue weighted by atomic mass is 32.2. The summed E-state index contributed by atoms with van der Waals surface area (Å²) in [6, 6.07) is 9.12. The van der Waals surface area contributed by atoms with Gasteiger partial charge in [0.2, 0.25) is 5.91 Å². The Morgan fingerprint density at radius 1 is 1.38 bits per heavy atom. The summed E-state index contributed by atoms with van der Waals surface area (Å²) >= 11 is 1.82. The van der Waals surface area contributed by atoms with E-state index in [1.165, 1.54) is 0 Å². The average molecular weight is 305 g/mol. The van der Waals surface area contributed by atoms with Gasteiger partial charge in [-0.1, -0.05) is 0 Å². The third-order valence-corrected chi connectivity index (χ3v) is 4.35. The highest BCUT2D eigenvalue weighted by Gasteiger charge is 2.21. The van der Waals surface area contributed by atoms with Crippen LogP contribution in [0.3, 0.4) is 0 Å². The first-order valence-electron chi connectivity index (χ1n) is 7.01.